The van der Waals surface area contributed by atoms with Crippen LogP contribution in [0.3, 0.4) is 0 Å². The summed E-state index contributed by atoms with van der Waals surface area (Å²) < 4.78 is 0. The maximum absolute atomic E-state index is 9.47. The molecule has 1 fully saturated rings. The lowest BCUT2D eigenvalue weighted by Gasteiger charge is -2.40. The van der Waals surface area contributed by atoms with Crippen molar-refractivity contribution < 1.29 is 5.11 Å². The molecule has 1 aliphatic rings. The maximum atomic E-state index is 9.47. The zero-order chi connectivity index (χ0) is 9.26. The van der Waals surface area contributed by atoms with Gasteiger partial charge in [-0.3, -0.25) is 0 Å². The Hall–Kier alpha value is -1.09. The second-order valence-corrected chi connectivity index (χ2v) is 3.51. The van der Waals surface area contributed by atoms with Gasteiger partial charge in [0.05, 0.1) is 12.1 Å². The molecule has 0 bridgehead atoms. The molecule has 70 valence electrons. The summed E-state index contributed by atoms with van der Waals surface area (Å²) in [7, 11) is 1.98. The van der Waals surface area contributed by atoms with Crippen molar-refractivity contribution in [1.29, 1.82) is 0 Å². The van der Waals surface area contributed by atoms with Crippen LogP contribution in [0.5, 0.6) is 0 Å². The van der Waals surface area contributed by atoms with E-state index in [2.05, 4.69) is 4.98 Å². The molecule has 0 radical (unpaired) electrons. The monoisotopic (exact) mass is 178 g/mol. The standard InChI is InChI=1S/C10H14N2O/c1-12(8-5-6-9(8)13)10-4-2-3-7-11-10/h2-4,7-9,13H,5-6H2,1H3. The first kappa shape index (κ1) is 8.51. The van der Waals surface area contributed by atoms with E-state index in [9.17, 15) is 5.11 Å². The molecule has 0 amide bonds. The van der Waals surface area contributed by atoms with Gasteiger partial charge < -0.3 is 10.0 Å². The van der Waals surface area contributed by atoms with Crippen LogP contribution in [0.25, 0.3) is 0 Å². The van der Waals surface area contributed by atoms with E-state index < -0.39 is 0 Å². The minimum atomic E-state index is -0.174. The number of rotatable bonds is 2. The SMILES string of the molecule is CN(c1ccccn1)C1CCC1O. The van der Waals surface area contributed by atoms with E-state index in [-0.39, 0.29) is 12.1 Å². The van der Waals surface area contributed by atoms with E-state index in [0.29, 0.717) is 0 Å². The van der Waals surface area contributed by atoms with E-state index in [1.54, 1.807) is 6.20 Å². The third kappa shape index (κ3) is 1.52. The van der Waals surface area contributed by atoms with Gasteiger partial charge in [0.15, 0.2) is 0 Å². The minimum Gasteiger partial charge on any atom is -0.391 e. The number of aliphatic hydroxyl groups is 1. The molecule has 0 aliphatic heterocycles. The van der Waals surface area contributed by atoms with Crippen molar-refractivity contribution in [2.45, 2.75) is 25.0 Å². The summed E-state index contributed by atoms with van der Waals surface area (Å²) in [5.74, 6) is 0.936. The Morgan fingerprint density at radius 2 is 2.31 bits per heavy atom. The molecule has 2 rings (SSSR count). The third-order valence-electron chi connectivity index (χ3n) is 2.71. The van der Waals surface area contributed by atoms with Crippen molar-refractivity contribution in [2.75, 3.05) is 11.9 Å². The smallest absolute Gasteiger partial charge is 0.128 e. The predicted molar refractivity (Wildman–Crippen MR) is 51.7 cm³/mol. The van der Waals surface area contributed by atoms with Crippen LogP contribution >= 0.6 is 0 Å². The van der Waals surface area contributed by atoms with Gasteiger partial charge in [-0.25, -0.2) is 4.98 Å². The Kier molecular flexibility index (Phi) is 2.19. The van der Waals surface area contributed by atoms with Gasteiger partial charge in [-0.1, -0.05) is 6.07 Å². The third-order valence-corrected chi connectivity index (χ3v) is 2.71. The summed E-state index contributed by atoms with van der Waals surface area (Å²) in [4.78, 5) is 6.28. The fourth-order valence-corrected chi connectivity index (χ4v) is 1.65. The maximum Gasteiger partial charge on any atom is 0.128 e. The van der Waals surface area contributed by atoms with E-state index >= 15 is 0 Å². The molecule has 2 atom stereocenters. The van der Waals surface area contributed by atoms with Crippen molar-refractivity contribution in [3.8, 4) is 0 Å². The lowest BCUT2D eigenvalue weighted by molar-refractivity contribution is 0.0665. The molecule has 1 aromatic heterocycles. The summed E-state index contributed by atoms with van der Waals surface area (Å²) >= 11 is 0. The number of anilines is 1. The summed E-state index contributed by atoms with van der Waals surface area (Å²) in [6, 6.07) is 6.08. The molecule has 1 aromatic rings. The van der Waals surface area contributed by atoms with E-state index in [4.69, 9.17) is 0 Å². The number of aliphatic hydroxyl groups excluding tert-OH is 1. The molecule has 1 saturated carbocycles. The van der Waals surface area contributed by atoms with Crippen LogP contribution in [0.1, 0.15) is 12.8 Å². The van der Waals surface area contributed by atoms with Crippen molar-refractivity contribution in [3.63, 3.8) is 0 Å². The lowest BCUT2D eigenvalue weighted by Crippen LogP contribution is -2.49. The molecule has 1 aliphatic carbocycles. The van der Waals surface area contributed by atoms with E-state index in [1.807, 2.05) is 30.1 Å². The van der Waals surface area contributed by atoms with Gasteiger partial charge in [0.1, 0.15) is 5.82 Å². The predicted octanol–water partition coefficient (Wildman–Crippen LogP) is 1.04. The van der Waals surface area contributed by atoms with Crippen LogP contribution in [0, 0.1) is 0 Å². The fraction of sp³-hybridized carbons (Fsp3) is 0.500. The first-order chi connectivity index (χ1) is 6.29. The Morgan fingerprint density at radius 1 is 1.46 bits per heavy atom. The summed E-state index contributed by atoms with van der Waals surface area (Å²) in [6.45, 7) is 0. The Morgan fingerprint density at radius 3 is 2.77 bits per heavy atom. The largest absolute Gasteiger partial charge is 0.391 e. The van der Waals surface area contributed by atoms with E-state index in [1.165, 1.54) is 0 Å². The van der Waals surface area contributed by atoms with Gasteiger partial charge in [0.25, 0.3) is 0 Å². The molecular formula is C10H14N2O. The molecule has 3 nitrogen and oxygen atoms in total. The van der Waals surface area contributed by atoms with Crippen LogP contribution in [-0.2, 0) is 0 Å². The number of pyridine rings is 1. The van der Waals surface area contributed by atoms with Crippen LogP contribution in [0.15, 0.2) is 24.4 Å². The molecule has 0 spiro atoms. The molecule has 0 aromatic carbocycles. The first-order valence-electron chi connectivity index (χ1n) is 4.61. The lowest BCUT2D eigenvalue weighted by atomic mass is 9.88. The molecule has 3 heteroatoms. The van der Waals surface area contributed by atoms with Gasteiger partial charge in [0, 0.05) is 13.2 Å². The first-order valence-corrected chi connectivity index (χ1v) is 4.61. The number of hydrogen-bond donors (Lipinski definition) is 1. The summed E-state index contributed by atoms with van der Waals surface area (Å²) in [5.41, 5.74) is 0. The van der Waals surface area contributed by atoms with Gasteiger partial charge in [-0.2, -0.15) is 0 Å². The Balaban J connectivity index is 2.09. The van der Waals surface area contributed by atoms with Gasteiger partial charge in [0.2, 0.25) is 0 Å². The minimum absolute atomic E-state index is 0.174. The zero-order valence-corrected chi connectivity index (χ0v) is 7.72. The highest BCUT2D eigenvalue weighted by Gasteiger charge is 2.32. The van der Waals surface area contributed by atoms with E-state index in [0.717, 1.165) is 18.7 Å². The van der Waals surface area contributed by atoms with Crippen LogP contribution in [0.2, 0.25) is 0 Å². The highest BCUT2D eigenvalue weighted by Crippen LogP contribution is 2.27. The average molecular weight is 178 g/mol. The molecule has 2 unspecified atom stereocenters. The zero-order valence-electron chi connectivity index (χ0n) is 7.72. The van der Waals surface area contributed by atoms with Crippen molar-refractivity contribution >= 4 is 5.82 Å². The summed E-state index contributed by atoms with van der Waals surface area (Å²) in [5, 5.41) is 9.47. The second-order valence-electron chi connectivity index (χ2n) is 3.51. The van der Waals surface area contributed by atoms with Crippen molar-refractivity contribution in [1.82, 2.24) is 4.98 Å². The molecular weight excluding hydrogens is 164 g/mol. The number of likely N-dealkylation sites (N-methyl/N-ethyl adjacent to an activating group) is 1. The Bertz CT molecular complexity index is 276. The second kappa shape index (κ2) is 3.34. The van der Waals surface area contributed by atoms with Gasteiger partial charge in [-0.15, -0.1) is 0 Å². The highest BCUT2D eigenvalue weighted by atomic mass is 16.3. The molecule has 0 saturated heterocycles. The average Bonchev–Trinajstić information content (AvgIpc) is 2.17. The number of aromatic nitrogens is 1. The molecule has 1 heterocycles. The number of nitrogens with zero attached hydrogens (tertiary/aromatic N) is 2. The molecule has 1 N–H and O–H groups in total. The van der Waals surface area contributed by atoms with Gasteiger partial charge >= 0.3 is 0 Å². The van der Waals surface area contributed by atoms with Crippen LogP contribution < -0.4 is 4.90 Å². The van der Waals surface area contributed by atoms with Gasteiger partial charge in [-0.05, 0) is 25.0 Å². The molecule has 13 heavy (non-hydrogen) atoms. The van der Waals surface area contributed by atoms with Crippen LogP contribution in [-0.4, -0.2) is 29.3 Å². The highest BCUT2D eigenvalue weighted by molar-refractivity contribution is 5.39. The van der Waals surface area contributed by atoms with Crippen molar-refractivity contribution in [2.24, 2.45) is 0 Å². The fourth-order valence-electron chi connectivity index (χ4n) is 1.65. The normalized spacial score (nSPS) is 26.6. The topological polar surface area (TPSA) is 36.4 Å². The number of hydrogen-bond acceptors (Lipinski definition) is 3. The Labute approximate surface area is 78.0 Å². The van der Waals surface area contributed by atoms with Crippen molar-refractivity contribution in [3.05, 3.63) is 24.4 Å². The quantitative estimate of drug-likeness (QED) is 0.735. The summed E-state index contributed by atoms with van der Waals surface area (Å²) in [6.07, 6.45) is 3.58. The van der Waals surface area contributed by atoms with Crippen LogP contribution in [0.4, 0.5) is 5.82 Å².